The Morgan fingerprint density at radius 2 is 1.83 bits per heavy atom. The Kier molecular flexibility index (Phi) is 5.55. The molecule has 0 bridgehead atoms. The predicted molar refractivity (Wildman–Crippen MR) is 95.0 cm³/mol. The zero-order chi connectivity index (χ0) is 17.0. The van der Waals surface area contributed by atoms with Crippen LogP contribution in [0.4, 0.5) is 10.5 Å². The lowest BCUT2D eigenvalue weighted by atomic mass is 10.0. The van der Waals surface area contributed by atoms with Gasteiger partial charge >= 0.3 is 6.09 Å². The van der Waals surface area contributed by atoms with Gasteiger partial charge in [-0.1, -0.05) is 32.0 Å². The highest BCUT2D eigenvalue weighted by Gasteiger charge is 2.28. The Labute approximate surface area is 140 Å². The van der Waals surface area contributed by atoms with E-state index in [2.05, 4.69) is 48.7 Å². The molecule has 1 aromatic rings. The minimum absolute atomic E-state index is 0.188. The highest BCUT2D eigenvalue weighted by Crippen LogP contribution is 2.28. The van der Waals surface area contributed by atoms with Crippen LogP contribution in [0.3, 0.4) is 0 Å². The first-order chi connectivity index (χ1) is 10.7. The minimum Gasteiger partial charge on any atom is -0.444 e. The number of hydrogen-bond acceptors (Lipinski definition) is 3. The number of para-hydroxylation sites is 1. The molecule has 128 valence electrons. The van der Waals surface area contributed by atoms with E-state index in [9.17, 15) is 4.79 Å². The number of hydrogen-bond donors (Lipinski definition) is 2. The van der Waals surface area contributed by atoms with E-state index in [1.807, 2.05) is 20.8 Å². The van der Waals surface area contributed by atoms with Crippen LogP contribution in [0.25, 0.3) is 0 Å². The smallest absolute Gasteiger partial charge is 0.407 e. The largest absolute Gasteiger partial charge is 0.444 e. The normalized spacial score (nSPS) is 21.3. The zero-order valence-electron chi connectivity index (χ0n) is 15.0. The van der Waals surface area contributed by atoms with Crippen LogP contribution in [-0.2, 0) is 4.74 Å². The van der Waals surface area contributed by atoms with E-state index in [-0.39, 0.29) is 12.1 Å². The summed E-state index contributed by atoms with van der Waals surface area (Å²) in [5.41, 5.74) is 2.11. The maximum absolute atomic E-state index is 11.9. The molecule has 2 atom stereocenters. The average Bonchev–Trinajstić information content (AvgIpc) is 2.84. The molecule has 0 aromatic heterocycles. The molecule has 2 unspecified atom stereocenters. The number of ether oxygens (including phenoxy) is 1. The summed E-state index contributed by atoms with van der Waals surface area (Å²) >= 11 is 0. The van der Waals surface area contributed by atoms with Crippen LogP contribution in [-0.4, -0.2) is 23.8 Å². The number of anilines is 1. The zero-order valence-corrected chi connectivity index (χ0v) is 15.0. The molecule has 2 rings (SSSR count). The van der Waals surface area contributed by atoms with Crippen LogP contribution in [0.1, 0.15) is 65.4 Å². The van der Waals surface area contributed by atoms with Crippen LogP contribution >= 0.6 is 0 Å². The molecule has 1 aliphatic carbocycles. The van der Waals surface area contributed by atoms with E-state index in [0.29, 0.717) is 12.0 Å². The van der Waals surface area contributed by atoms with Crippen molar-refractivity contribution >= 4 is 11.8 Å². The van der Waals surface area contributed by atoms with Gasteiger partial charge in [-0.25, -0.2) is 4.79 Å². The summed E-state index contributed by atoms with van der Waals surface area (Å²) in [6.45, 7) is 10.1. The Balaban J connectivity index is 1.88. The van der Waals surface area contributed by atoms with E-state index in [0.717, 1.165) is 19.3 Å². The van der Waals surface area contributed by atoms with Crippen molar-refractivity contribution < 1.29 is 9.53 Å². The molecule has 1 aromatic carbocycles. The van der Waals surface area contributed by atoms with Crippen molar-refractivity contribution in [2.45, 2.75) is 77.5 Å². The second-order valence-corrected chi connectivity index (χ2v) is 7.74. The molecule has 1 fully saturated rings. The fourth-order valence-electron chi connectivity index (χ4n) is 3.07. The molecule has 0 radical (unpaired) electrons. The quantitative estimate of drug-likeness (QED) is 0.848. The molecular formula is C19H30N2O2. The fourth-order valence-corrected chi connectivity index (χ4v) is 3.07. The number of amides is 1. The molecule has 0 aliphatic heterocycles. The molecule has 1 amide bonds. The Morgan fingerprint density at radius 1 is 1.17 bits per heavy atom. The van der Waals surface area contributed by atoms with E-state index < -0.39 is 5.60 Å². The van der Waals surface area contributed by atoms with Gasteiger partial charge in [0.15, 0.2) is 0 Å². The number of rotatable bonds is 4. The number of carbonyl (C=O) groups is 1. The maximum atomic E-state index is 11.9. The van der Waals surface area contributed by atoms with Gasteiger partial charge in [-0.05, 0) is 57.6 Å². The maximum Gasteiger partial charge on any atom is 0.407 e. The first-order valence-electron chi connectivity index (χ1n) is 8.59. The average molecular weight is 318 g/mol. The van der Waals surface area contributed by atoms with Crippen LogP contribution in [0, 0.1) is 0 Å². The standard InChI is InChI=1S/C19H30N2O2/c1-13(2)16-8-6-7-9-17(16)20-14-10-11-15(12-14)21-18(22)23-19(3,4)5/h6-9,13-15,20H,10-12H2,1-5H3,(H,21,22). The van der Waals surface area contributed by atoms with Crippen molar-refractivity contribution in [3.8, 4) is 0 Å². The molecule has 23 heavy (non-hydrogen) atoms. The van der Waals surface area contributed by atoms with Crippen molar-refractivity contribution in [1.29, 1.82) is 0 Å². The number of nitrogens with one attached hydrogen (secondary N) is 2. The Morgan fingerprint density at radius 3 is 2.48 bits per heavy atom. The lowest BCUT2D eigenvalue weighted by Crippen LogP contribution is -2.38. The molecule has 1 saturated carbocycles. The van der Waals surface area contributed by atoms with Gasteiger partial charge in [-0.15, -0.1) is 0 Å². The van der Waals surface area contributed by atoms with Crippen LogP contribution < -0.4 is 10.6 Å². The summed E-state index contributed by atoms with van der Waals surface area (Å²) in [6, 6.07) is 9.06. The Bertz CT molecular complexity index is 534. The third-order valence-corrected chi connectivity index (χ3v) is 4.10. The van der Waals surface area contributed by atoms with Gasteiger partial charge in [0, 0.05) is 17.8 Å². The van der Waals surface area contributed by atoms with E-state index in [4.69, 9.17) is 4.74 Å². The van der Waals surface area contributed by atoms with E-state index in [1.165, 1.54) is 11.3 Å². The molecule has 0 saturated heterocycles. The van der Waals surface area contributed by atoms with Gasteiger partial charge in [0.1, 0.15) is 5.60 Å². The summed E-state index contributed by atoms with van der Waals surface area (Å²) in [6.07, 6.45) is 2.67. The molecule has 0 heterocycles. The van der Waals surface area contributed by atoms with Crippen molar-refractivity contribution in [3.63, 3.8) is 0 Å². The summed E-state index contributed by atoms with van der Waals surface area (Å²) in [5, 5.41) is 6.64. The van der Waals surface area contributed by atoms with Crippen LogP contribution in [0.2, 0.25) is 0 Å². The number of benzene rings is 1. The minimum atomic E-state index is -0.448. The van der Waals surface area contributed by atoms with E-state index >= 15 is 0 Å². The fraction of sp³-hybridized carbons (Fsp3) is 0.632. The first-order valence-corrected chi connectivity index (χ1v) is 8.59. The van der Waals surface area contributed by atoms with Crippen LogP contribution in [0.5, 0.6) is 0 Å². The van der Waals surface area contributed by atoms with Gasteiger partial charge in [0.25, 0.3) is 0 Å². The second kappa shape index (κ2) is 7.24. The summed E-state index contributed by atoms with van der Waals surface area (Å²) in [7, 11) is 0. The lowest BCUT2D eigenvalue weighted by Gasteiger charge is -2.22. The highest BCUT2D eigenvalue weighted by atomic mass is 16.6. The van der Waals surface area contributed by atoms with Crippen molar-refractivity contribution in [2.24, 2.45) is 0 Å². The van der Waals surface area contributed by atoms with Gasteiger partial charge in [-0.3, -0.25) is 0 Å². The van der Waals surface area contributed by atoms with Crippen molar-refractivity contribution in [3.05, 3.63) is 29.8 Å². The molecule has 0 spiro atoms. The SMILES string of the molecule is CC(C)c1ccccc1NC1CCC(NC(=O)OC(C)(C)C)C1. The number of carbonyl (C=O) groups excluding carboxylic acids is 1. The monoisotopic (exact) mass is 318 g/mol. The molecule has 1 aliphatic rings. The van der Waals surface area contributed by atoms with Crippen molar-refractivity contribution in [1.82, 2.24) is 5.32 Å². The highest BCUT2D eigenvalue weighted by molar-refractivity contribution is 5.68. The topological polar surface area (TPSA) is 50.4 Å². The molecule has 2 N–H and O–H groups in total. The predicted octanol–water partition coefficient (Wildman–Crippen LogP) is 4.67. The lowest BCUT2D eigenvalue weighted by molar-refractivity contribution is 0.0505. The second-order valence-electron chi connectivity index (χ2n) is 7.74. The summed E-state index contributed by atoms with van der Waals surface area (Å²) < 4.78 is 5.33. The molecular weight excluding hydrogens is 288 g/mol. The van der Waals surface area contributed by atoms with Gasteiger partial charge in [0.05, 0.1) is 0 Å². The van der Waals surface area contributed by atoms with Gasteiger partial charge in [0.2, 0.25) is 0 Å². The van der Waals surface area contributed by atoms with Crippen molar-refractivity contribution in [2.75, 3.05) is 5.32 Å². The van der Waals surface area contributed by atoms with Crippen LogP contribution in [0.15, 0.2) is 24.3 Å². The molecule has 4 nitrogen and oxygen atoms in total. The molecule has 4 heteroatoms. The summed E-state index contributed by atoms with van der Waals surface area (Å²) in [5.74, 6) is 0.496. The van der Waals surface area contributed by atoms with E-state index in [1.54, 1.807) is 0 Å². The van der Waals surface area contributed by atoms with Gasteiger partial charge < -0.3 is 15.4 Å². The Hall–Kier alpha value is -1.71. The third kappa shape index (κ3) is 5.45. The summed E-state index contributed by atoms with van der Waals surface area (Å²) in [4.78, 5) is 11.9. The number of alkyl carbamates (subject to hydrolysis) is 1. The third-order valence-electron chi connectivity index (χ3n) is 4.10. The van der Waals surface area contributed by atoms with Gasteiger partial charge in [-0.2, -0.15) is 0 Å². The first kappa shape index (κ1) is 17.6.